The van der Waals surface area contributed by atoms with Crippen LogP contribution in [-0.4, -0.2) is 120 Å². The molecule has 0 aliphatic carbocycles. The highest BCUT2D eigenvalue weighted by molar-refractivity contribution is 7.83. The van der Waals surface area contributed by atoms with E-state index in [-0.39, 0.29) is 17.0 Å². The third kappa shape index (κ3) is 5.93. The Kier molecular flexibility index (Phi) is 8.59. The lowest BCUT2D eigenvalue weighted by atomic mass is 10.00. The molecule has 8 N–H and O–H groups in total. The van der Waals surface area contributed by atoms with Crippen molar-refractivity contribution in [3.63, 3.8) is 0 Å². The van der Waals surface area contributed by atoms with Crippen LogP contribution in [0.1, 0.15) is 6.23 Å². The monoisotopic (exact) mass is 582 g/mol. The molecule has 19 nitrogen and oxygen atoms in total. The summed E-state index contributed by atoms with van der Waals surface area (Å²) in [5.74, 6) is 0.0517. The van der Waals surface area contributed by atoms with E-state index in [9.17, 15) is 39.6 Å². The van der Waals surface area contributed by atoms with Crippen LogP contribution in [0.15, 0.2) is 12.7 Å². The SMILES string of the molecule is [B-][P@](=O)(OC[C@H]1O[C@@H](n2cnc3c(N)ncnc32)C(O)[C@H]1O)OP(=O)([O-])O[C@@H]1OC(CO)[C@@H](O)[C@H](O)C1O. The van der Waals surface area contributed by atoms with E-state index in [1.54, 1.807) is 0 Å². The van der Waals surface area contributed by atoms with Gasteiger partial charge in [0, 0.05) is 0 Å². The number of hydrogen-bond donors (Lipinski definition) is 7. The summed E-state index contributed by atoms with van der Waals surface area (Å²) in [5, 5.41) is 59.3. The molecule has 2 saturated heterocycles. The van der Waals surface area contributed by atoms with Crippen LogP contribution in [0.5, 0.6) is 0 Å². The van der Waals surface area contributed by atoms with Crippen LogP contribution in [0.3, 0.4) is 0 Å². The van der Waals surface area contributed by atoms with Crippen LogP contribution in [0.4, 0.5) is 5.82 Å². The van der Waals surface area contributed by atoms with Gasteiger partial charge >= 0.3 is 0 Å². The Balaban J connectivity index is 1.38. The average molecular weight is 582 g/mol. The Bertz CT molecular complexity index is 1240. The first-order valence-electron chi connectivity index (χ1n) is 10.7. The van der Waals surface area contributed by atoms with Gasteiger partial charge in [0.1, 0.15) is 54.6 Å². The van der Waals surface area contributed by atoms with Gasteiger partial charge in [0.05, 0.1) is 27.0 Å². The van der Waals surface area contributed by atoms with Gasteiger partial charge < -0.3 is 67.4 Å². The molecule has 2 aromatic heterocycles. The fourth-order valence-corrected chi connectivity index (χ4v) is 6.04. The Morgan fingerprint density at radius 2 is 1.71 bits per heavy atom. The van der Waals surface area contributed by atoms with Crippen LogP contribution in [0.25, 0.3) is 11.2 Å². The molecular weight excluding hydrogens is 559 g/mol. The zero-order valence-electron chi connectivity index (χ0n) is 19.1. The standard InChI is InChI=1S/C16H24BN5O14P2/c17-37(29,36-38(30,31)35-16-12(28)10(26)8(24)5(1-23)34-16)32-2-6-9(25)11(27)15(33-6)22-4-21-7-13(18)19-3-20-14(7)22/h3-6,8-12,15-16,23-28H,1-2H2,(H,30,31)(H2,18,19,20)/q-1/p-1/t5?,6-,8-,9+,10+,11?,12?,15-,16+,37+/m1/s1. The summed E-state index contributed by atoms with van der Waals surface area (Å²) < 4.78 is 49.8. The smallest absolute Gasteiger partial charge is 0.274 e. The number of phosphoric ester groups is 1. The first kappa shape index (κ1) is 29.4. The highest BCUT2D eigenvalue weighted by Gasteiger charge is 2.46. The van der Waals surface area contributed by atoms with Gasteiger partial charge in [-0.2, -0.15) is 0 Å². The second-order valence-corrected chi connectivity index (χ2v) is 11.4. The minimum Gasteiger partial charge on any atom is -0.756 e. The number of phosphoric acid groups is 1. The summed E-state index contributed by atoms with van der Waals surface area (Å²) in [7, 11) is -5.39. The van der Waals surface area contributed by atoms with Gasteiger partial charge in [-0.05, 0) is 0 Å². The van der Waals surface area contributed by atoms with Crippen molar-refractivity contribution in [2.24, 2.45) is 0 Å². The number of imidazole rings is 1. The molecule has 2 fully saturated rings. The summed E-state index contributed by atoms with van der Waals surface area (Å²) in [5.41, 5.74) is 6.09. The first-order valence-corrected chi connectivity index (χ1v) is 13.8. The maximum absolute atomic E-state index is 12.5. The Labute approximate surface area is 214 Å². The number of aromatic nitrogens is 4. The fourth-order valence-electron chi connectivity index (χ4n) is 3.79. The van der Waals surface area contributed by atoms with Crippen molar-refractivity contribution >= 4 is 39.8 Å². The molecule has 0 bridgehead atoms. The molecule has 0 spiro atoms. The number of nitrogens with two attached hydrogens (primary N) is 1. The predicted octanol–water partition coefficient (Wildman–Crippen LogP) is -4.38. The van der Waals surface area contributed by atoms with E-state index in [1.807, 2.05) is 0 Å². The number of anilines is 1. The van der Waals surface area contributed by atoms with Crippen LogP contribution >= 0.6 is 15.3 Å². The zero-order chi connectivity index (χ0) is 28.0. The van der Waals surface area contributed by atoms with Crippen LogP contribution in [0.2, 0.25) is 0 Å². The van der Waals surface area contributed by atoms with Crippen LogP contribution in [-0.2, 0) is 32.0 Å². The molecule has 0 saturated carbocycles. The van der Waals surface area contributed by atoms with Gasteiger partial charge in [-0.15, -0.1) is 0 Å². The van der Waals surface area contributed by atoms with Crippen LogP contribution in [0, 0.1) is 0 Å². The Hall–Kier alpha value is -1.61. The lowest BCUT2D eigenvalue weighted by Crippen LogP contribution is -2.59. The predicted molar refractivity (Wildman–Crippen MR) is 119 cm³/mol. The zero-order valence-corrected chi connectivity index (χ0v) is 20.8. The maximum atomic E-state index is 12.5. The number of nitrogens with zero attached hydrogens (tertiary/aromatic N) is 4. The van der Waals surface area contributed by atoms with E-state index in [0.29, 0.717) is 0 Å². The van der Waals surface area contributed by atoms with Gasteiger partial charge in [0.25, 0.3) is 7.82 Å². The molecule has 11 atom stereocenters. The molecule has 2 aliphatic heterocycles. The quantitative estimate of drug-likeness (QED) is 0.108. The topological polar surface area (TPSA) is 294 Å². The summed E-state index contributed by atoms with van der Waals surface area (Å²) >= 11 is 0. The minimum absolute atomic E-state index is 0.0517. The first-order chi connectivity index (χ1) is 17.7. The molecule has 0 aromatic carbocycles. The third-order valence-corrected chi connectivity index (χ3v) is 8.40. The van der Waals surface area contributed by atoms with E-state index >= 15 is 0 Å². The van der Waals surface area contributed by atoms with Crippen molar-refractivity contribution in [3.05, 3.63) is 12.7 Å². The number of fused-ring (bicyclic) bond motifs is 1. The molecule has 4 heterocycles. The Morgan fingerprint density at radius 1 is 1.03 bits per heavy atom. The molecule has 4 unspecified atom stereocenters. The van der Waals surface area contributed by atoms with Gasteiger partial charge in [-0.25, -0.2) is 15.0 Å². The van der Waals surface area contributed by atoms with Crippen molar-refractivity contribution in [1.82, 2.24) is 19.5 Å². The molecule has 38 heavy (non-hydrogen) atoms. The van der Waals surface area contributed by atoms with E-state index in [1.165, 1.54) is 10.9 Å². The molecule has 211 valence electrons. The summed E-state index contributed by atoms with van der Waals surface area (Å²) in [6.07, 6.45) is -13.1. The molecule has 22 heteroatoms. The molecule has 2 aromatic rings. The second-order valence-electron chi connectivity index (χ2n) is 8.30. The van der Waals surface area contributed by atoms with Gasteiger partial charge in [0.15, 0.2) is 24.0 Å². The average Bonchev–Trinajstić information content (AvgIpc) is 3.39. The van der Waals surface area contributed by atoms with E-state index in [0.717, 1.165) is 6.33 Å². The fraction of sp³-hybridized carbons (Fsp3) is 0.688. The summed E-state index contributed by atoms with van der Waals surface area (Å²) in [6.45, 7) is -1.72. The minimum atomic E-state index is -5.69. The van der Waals surface area contributed by atoms with Gasteiger partial charge in [0.2, 0.25) is 0 Å². The van der Waals surface area contributed by atoms with E-state index in [2.05, 4.69) is 23.8 Å². The Morgan fingerprint density at radius 3 is 2.39 bits per heavy atom. The number of aliphatic hydroxyl groups is 6. The lowest BCUT2D eigenvalue weighted by Gasteiger charge is -2.42. The highest BCUT2D eigenvalue weighted by atomic mass is 31.3. The molecule has 3 radical (unpaired) electrons. The maximum Gasteiger partial charge on any atom is 0.274 e. The molecule has 4 rings (SSSR count). The van der Waals surface area contributed by atoms with Gasteiger partial charge in [-0.3, -0.25) is 18.0 Å². The number of hydrogen-bond acceptors (Lipinski definition) is 18. The highest BCUT2D eigenvalue weighted by Crippen LogP contribution is 2.59. The van der Waals surface area contributed by atoms with E-state index < -0.39 is 83.8 Å². The van der Waals surface area contributed by atoms with Crippen molar-refractivity contribution in [3.8, 4) is 0 Å². The third-order valence-electron chi connectivity index (χ3n) is 5.71. The van der Waals surface area contributed by atoms with Crippen molar-refractivity contribution in [2.45, 2.75) is 55.2 Å². The largest absolute Gasteiger partial charge is 0.756 e. The molecular formula is C16H23BN5O14P2-2. The lowest BCUT2D eigenvalue weighted by molar-refractivity contribution is -0.301. The number of rotatable bonds is 9. The number of ether oxygens (including phenoxy) is 2. The van der Waals surface area contributed by atoms with Crippen LogP contribution < -0.4 is 10.6 Å². The molecule has 0 amide bonds. The second kappa shape index (κ2) is 11.1. The van der Waals surface area contributed by atoms with E-state index in [4.69, 9.17) is 32.4 Å². The number of nitrogen functional groups attached to an aromatic ring is 1. The van der Waals surface area contributed by atoms with Crippen molar-refractivity contribution in [1.29, 1.82) is 0 Å². The van der Waals surface area contributed by atoms with Gasteiger partial charge in [-0.1, -0.05) is 0 Å². The summed E-state index contributed by atoms with van der Waals surface area (Å²) in [6, 6.07) is 0. The summed E-state index contributed by atoms with van der Waals surface area (Å²) in [4.78, 5) is 24.0. The van der Waals surface area contributed by atoms with Crippen molar-refractivity contribution in [2.75, 3.05) is 18.9 Å². The van der Waals surface area contributed by atoms with Crippen molar-refractivity contribution < 1.29 is 67.5 Å². The normalized spacial score (nSPS) is 37.2. The number of aliphatic hydroxyl groups excluding tert-OH is 6. The molecule has 2 aliphatic rings.